The molecule has 3 atom stereocenters. The van der Waals surface area contributed by atoms with E-state index in [4.69, 9.17) is 4.74 Å². The molecule has 1 saturated heterocycles. The van der Waals surface area contributed by atoms with Crippen LogP contribution >= 0.6 is 0 Å². The number of nitrogens with one attached hydrogen (secondary N) is 1. The maximum Gasteiger partial charge on any atom is 0.411 e. The van der Waals surface area contributed by atoms with E-state index in [2.05, 4.69) is 11.4 Å². The van der Waals surface area contributed by atoms with E-state index < -0.39 is 46.1 Å². The number of ether oxygens (including phenoxy) is 1. The van der Waals surface area contributed by atoms with Crippen molar-refractivity contribution in [1.82, 2.24) is 9.21 Å². The van der Waals surface area contributed by atoms with Gasteiger partial charge in [0.15, 0.2) is 0 Å². The molecule has 11 heteroatoms. The van der Waals surface area contributed by atoms with Crippen molar-refractivity contribution in [2.24, 2.45) is 5.92 Å². The number of amides is 2. The minimum atomic E-state index is -1.55. The molecular formula is C39H47FN4O5S. The van der Waals surface area contributed by atoms with Crippen LogP contribution in [0.25, 0.3) is 0 Å². The summed E-state index contributed by atoms with van der Waals surface area (Å²) in [5, 5.41) is 24.3. The van der Waals surface area contributed by atoms with Gasteiger partial charge in [-0.1, -0.05) is 61.4 Å². The molecule has 2 aliphatic rings. The zero-order valence-corrected chi connectivity index (χ0v) is 30.5. The van der Waals surface area contributed by atoms with Crippen LogP contribution in [0.2, 0.25) is 0 Å². The van der Waals surface area contributed by atoms with Crippen LogP contribution in [0.5, 0.6) is 0 Å². The monoisotopic (exact) mass is 702 g/mol. The first-order chi connectivity index (χ1) is 23.5. The summed E-state index contributed by atoms with van der Waals surface area (Å²) < 4.78 is 36.4. The van der Waals surface area contributed by atoms with Crippen LogP contribution in [0.15, 0.2) is 72.8 Å². The Hall–Kier alpha value is -4.11. The highest BCUT2D eigenvalue weighted by atomic mass is 32.2. The molecule has 9 nitrogen and oxygen atoms in total. The van der Waals surface area contributed by atoms with Crippen LogP contribution in [-0.2, 0) is 32.5 Å². The van der Waals surface area contributed by atoms with E-state index in [1.54, 1.807) is 75.4 Å². The standard InChI is InChI=1S/C39H47FN4O5S/c1-36(2,3)44(50-48)39(20-19-26-15-16-26,29-14-10-11-27(21-29)24-41)30-17-18-31(40)32(22-30)42-34(45)33-23-38(47,28-12-8-7-9-13-28)25-43(33)35(46)49-37(4,5)6/h7-14,17-18,21-22,26,33,47,50H,15-16,19-20,23,25H2,1-6H3,(H,42,45). The van der Waals surface area contributed by atoms with Gasteiger partial charge in [-0.3, -0.25) is 9.69 Å². The summed E-state index contributed by atoms with van der Waals surface area (Å²) in [5.74, 6) is -0.891. The van der Waals surface area contributed by atoms with Gasteiger partial charge in [-0.05, 0) is 101 Å². The molecule has 0 bridgehead atoms. The predicted octanol–water partition coefficient (Wildman–Crippen LogP) is 6.93. The van der Waals surface area contributed by atoms with E-state index >= 15 is 4.39 Å². The first-order valence-corrected chi connectivity index (χ1v) is 17.8. The highest BCUT2D eigenvalue weighted by molar-refractivity contribution is 7.63. The fourth-order valence-corrected chi connectivity index (χ4v) is 7.64. The second-order valence-electron chi connectivity index (χ2n) is 15.5. The summed E-state index contributed by atoms with van der Waals surface area (Å²) in [4.78, 5) is 28.7. The van der Waals surface area contributed by atoms with Gasteiger partial charge in [0.1, 0.15) is 23.1 Å². The number of nitrogens with zero attached hydrogens (tertiary/aromatic N) is 3. The number of likely N-dealkylation sites (tertiary alicyclic amines) is 1. The van der Waals surface area contributed by atoms with Gasteiger partial charge < -0.3 is 15.2 Å². The Kier molecular flexibility index (Phi) is 10.6. The lowest BCUT2D eigenvalue weighted by molar-refractivity contribution is -0.120. The first kappa shape index (κ1) is 37.2. The fraction of sp³-hybridized carbons (Fsp3) is 0.462. The number of hydrogen-bond acceptors (Lipinski definition) is 6. The number of aliphatic hydroxyl groups is 1. The summed E-state index contributed by atoms with van der Waals surface area (Å²) >= 11 is -0.269. The molecule has 0 spiro atoms. The highest BCUT2D eigenvalue weighted by Gasteiger charge is 2.51. The van der Waals surface area contributed by atoms with Gasteiger partial charge in [-0.25, -0.2) is 17.7 Å². The molecule has 3 aromatic rings. The molecule has 0 radical (unpaired) electrons. The third-order valence-corrected chi connectivity index (χ3v) is 10.5. The van der Waals surface area contributed by atoms with Crippen molar-refractivity contribution in [3.63, 3.8) is 0 Å². The summed E-state index contributed by atoms with van der Waals surface area (Å²) in [7, 11) is 0. The van der Waals surface area contributed by atoms with Crippen LogP contribution in [0.4, 0.5) is 14.9 Å². The van der Waals surface area contributed by atoms with Gasteiger partial charge in [-0.15, -0.1) is 0 Å². The molecular weight excluding hydrogens is 656 g/mol. The first-order valence-electron chi connectivity index (χ1n) is 17.0. The van der Waals surface area contributed by atoms with Crippen molar-refractivity contribution in [3.05, 3.63) is 101 Å². The lowest BCUT2D eigenvalue weighted by Crippen LogP contribution is -2.54. The van der Waals surface area contributed by atoms with Gasteiger partial charge >= 0.3 is 6.09 Å². The van der Waals surface area contributed by atoms with Crippen molar-refractivity contribution in [3.8, 4) is 6.07 Å². The number of benzene rings is 3. The topological polar surface area (TPSA) is 123 Å². The van der Waals surface area contributed by atoms with E-state index in [0.717, 1.165) is 24.8 Å². The quantitative estimate of drug-likeness (QED) is 0.197. The molecule has 1 aliphatic heterocycles. The molecule has 1 aliphatic carbocycles. The molecule has 266 valence electrons. The summed E-state index contributed by atoms with van der Waals surface area (Å²) in [6, 6.07) is 21.5. The Labute approximate surface area is 298 Å². The van der Waals surface area contributed by atoms with Gasteiger partial charge in [0.25, 0.3) is 0 Å². The van der Waals surface area contributed by atoms with E-state index in [9.17, 15) is 24.2 Å². The Morgan fingerprint density at radius 2 is 1.72 bits per heavy atom. The van der Waals surface area contributed by atoms with E-state index in [-0.39, 0.29) is 30.5 Å². The van der Waals surface area contributed by atoms with E-state index in [0.29, 0.717) is 29.0 Å². The zero-order chi connectivity index (χ0) is 36.5. The number of thiol groups is 1. The minimum absolute atomic E-state index is 0.129. The predicted molar refractivity (Wildman–Crippen MR) is 192 cm³/mol. The maximum atomic E-state index is 15.8. The number of β-amino-alcohol motifs (C(OH)–C–C–N with tert-alkyl or cyclic N) is 1. The lowest BCUT2D eigenvalue weighted by atomic mass is 9.76. The Bertz CT molecular complexity index is 1780. The summed E-state index contributed by atoms with van der Waals surface area (Å²) in [6.07, 6.45) is 2.61. The van der Waals surface area contributed by atoms with Gasteiger partial charge in [0.2, 0.25) is 5.91 Å². The van der Waals surface area contributed by atoms with E-state index in [1.165, 1.54) is 11.0 Å². The molecule has 2 amide bonds. The lowest BCUT2D eigenvalue weighted by Gasteiger charge is -2.48. The second-order valence-corrected chi connectivity index (χ2v) is 16.1. The third-order valence-electron chi connectivity index (χ3n) is 9.44. The molecule has 3 aromatic carbocycles. The summed E-state index contributed by atoms with van der Waals surface area (Å²) in [6.45, 7) is 10.8. The van der Waals surface area contributed by atoms with E-state index in [1.807, 2.05) is 37.2 Å². The SMILES string of the molecule is CC(C)(C)OC(=O)N1CC(O)(c2ccccc2)CC1C(=O)Nc1cc(C(CCC2CC2)(c2cccc(C#N)c2)N([SH]=O)C(C)(C)C)ccc1F. The molecule has 50 heavy (non-hydrogen) atoms. The van der Waals surface area contributed by atoms with Gasteiger partial charge in [0, 0.05) is 12.0 Å². The Morgan fingerprint density at radius 1 is 1.04 bits per heavy atom. The smallest absolute Gasteiger partial charge is 0.411 e. The zero-order valence-electron chi connectivity index (χ0n) is 29.6. The van der Waals surface area contributed by atoms with Crippen molar-refractivity contribution >= 4 is 29.5 Å². The number of carbonyl (C=O) groups is 2. The number of rotatable bonds is 10. The molecule has 5 rings (SSSR count). The number of hydrogen-bond donors (Lipinski definition) is 3. The molecule has 2 N–H and O–H groups in total. The second kappa shape index (κ2) is 14.3. The largest absolute Gasteiger partial charge is 0.444 e. The minimum Gasteiger partial charge on any atom is -0.444 e. The maximum absolute atomic E-state index is 15.8. The average molecular weight is 703 g/mol. The van der Waals surface area contributed by atoms with Crippen molar-refractivity contribution in [2.75, 3.05) is 11.9 Å². The normalized spacial score (nSPS) is 20.6. The van der Waals surface area contributed by atoms with Crippen LogP contribution < -0.4 is 5.32 Å². The number of nitriles is 1. The molecule has 0 aromatic heterocycles. The highest BCUT2D eigenvalue weighted by Crippen LogP contribution is 2.48. The molecule has 2 fully saturated rings. The summed E-state index contributed by atoms with van der Waals surface area (Å²) in [5.41, 5.74) is -1.99. The van der Waals surface area contributed by atoms with Crippen molar-refractivity contribution < 1.29 is 28.0 Å². The molecule has 1 heterocycles. The number of carbonyl (C=O) groups excluding carboxylic acids is 2. The van der Waals surface area contributed by atoms with Gasteiger partial charge in [-0.2, -0.15) is 5.26 Å². The van der Waals surface area contributed by atoms with Crippen LogP contribution in [0.1, 0.15) is 95.9 Å². The van der Waals surface area contributed by atoms with Crippen LogP contribution in [0, 0.1) is 23.1 Å². The number of halogens is 1. The molecule has 1 saturated carbocycles. The number of anilines is 1. The van der Waals surface area contributed by atoms with Gasteiger partial charge in [0.05, 0.1) is 41.3 Å². The molecule has 3 unspecified atom stereocenters. The Balaban J connectivity index is 1.59. The average Bonchev–Trinajstić information content (AvgIpc) is 3.82. The van der Waals surface area contributed by atoms with Crippen LogP contribution in [-0.4, -0.2) is 54.2 Å². The Morgan fingerprint density at radius 3 is 2.32 bits per heavy atom. The van der Waals surface area contributed by atoms with Crippen molar-refractivity contribution in [2.45, 2.75) is 102 Å². The van der Waals surface area contributed by atoms with Crippen molar-refractivity contribution in [1.29, 1.82) is 5.26 Å². The van der Waals surface area contributed by atoms with Crippen LogP contribution in [0.3, 0.4) is 0 Å². The third kappa shape index (κ3) is 7.93. The fourth-order valence-electron chi connectivity index (χ4n) is 6.92.